The lowest BCUT2D eigenvalue weighted by molar-refractivity contribution is 0.629. The van der Waals surface area contributed by atoms with Crippen molar-refractivity contribution in [2.24, 2.45) is 0 Å². The molecular weight excluding hydrogens is 341 g/mol. The minimum atomic E-state index is -0.292. The van der Waals surface area contributed by atoms with Gasteiger partial charge in [-0.15, -0.1) is 0 Å². The average Bonchev–Trinajstić information content (AvgIpc) is 3.06. The Balaban J connectivity index is 1.66. The normalized spacial score (nSPS) is 10.7. The number of aromatic nitrogens is 3. The number of pyridine rings is 1. The molecule has 132 valence electrons. The first kappa shape index (κ1) is 16.7. The number of imidazole rings is 1. The third-order valence-corrected chi connectivity index (χ3v) is 4.31. The van der Waals surface area contributed by atoms with Crippen molar-refractivity contribution in [2.75, 3.05) is 11.9 Å². The molecule has 0 saturated carbocycles. The molecule has 0 bridgehead atoms. The molecule has 0 unspecified atom stereocenters. The molecule has 6 heteroatoms. The van der Waals surface area contributed by atoms with Crippen molar-refractivity contribution in [3.05, 3.63) is 84.2 Å². The van der Waals surface area contributed by atoms with Crippen molar-refractivity contribution in [1.82, 2.24) is 14.5 Å². The van der Waals surface area contributed by atoms with Gasteiger partial charge in [0.2, 0.25) is 0 Å². The maximum Gasteiger partial charge on any atom is 0.125 e. The third kappa shape index (κ3) is 3.35. The number of benzene rings is 2. The first-order valence-electron chi connectivity index (χ1n) is 8.56. The van der Waals surface area contributed by atoms with Crippen LogP contribution in [-0.4, -0.2) is 21.1 Å². The first-order valence-corrected chi connectivity index (χ1v) is 8.56. The standard InChI is InChI=1S/C21H16FN5/c22-16-6-7-19-20(12-16)27(17-4-2-1-3-5-17)21(26-19)9-11-25-18-8-10-24-14-15(18)13-23/h1-8,10,12,14H,9,11H2,(H,24,25). The largest absolute Gasteiger partial charge is 0.383 e. The molecule has 0 aliphatic carbocycles. The number of fused-ring (bicyclic) bond motifs is 1. The number of nitrogens with zero attached hydrogens (tertiary/aromatic N) is 4. The maximum absolute atomic E-state index is 13.8. The number of nitriles is 1. The van der Waals surface area contributed by atoms with E-state index in [1.165, 1.54) is 18.3 Å². The van der Waals surface area contributed by atoms with Crippen LogP contribution in [0.5, 0.6) is 0 Å². The van der Waals surface area contributed by atoms with Crippen LogP contribution in [-0.2, 0) is 6.42 Å². The number of para-hydroxylation sites is 1. The summed E-state index contributed by atoms with van der Waals surface area (Å²) in [6.45, 7) is 0.581. The Bertz CT molecular complexity index is 1130. The second-order valence-electron chi connectivity index (χ2n) is 6.04. The molecule has 0 fully saturated rings. The molecule has 4 aromatic rings. The summed E-state index contributed by atoms with van der Waals surface area (Å²) in [5.41, 5.74) is 3.65. The van der Waals surface area contributed by atoms with Gasteiger partial charge in [-0.2, -0.15) is 5.26 Å². The molecule has 2 aromatic heterocycles. The van der Waals surface area contributed by atoms with Crippen LogP contribution in [0.25, 0.3) is 16.7 Å². The molecule has 1 N–H and O–H groups in total. The van der Waals surface area contributed by atoms with Gasteiger partial charge in [0.05, 0.1) is 22.3 Å². The minimum absolute atomic E-state index is 0.292. The monoisotopic (exact) mass is 357 g/mol. The highest BCUT2D eigenvalue weighted by Crippen LogP contribution is 2.23. The minimum Gasteiger partial charge on any atom is -0.383 e. The number of anilines is 1. The van der Waals surface area contributed by atoms with Crippen molar-refractivity contribution in [2.45, 2.75) is 6.42 Å². The zero-order chi connectivity index (χ0) is 18.6. The van der Waals surface area contributed by atoms with Gasteiger partial charge in [0, 0.05) is 37.1 Å². The summed E-state index contributed by atoms with van der Waals surface area (Å²) in [5, 5.41) is 12.4. The molecule has 0 amide bonds. The van der Waals surface area contributed by atoms with E-state index >= 15 is 0 Å². The molecule has 5 nitrogen and oxygen atoms in total. The molecular formula is C21H16FN5. The third-order valence-electron chi connectivity index (χ3n) is 4.31. The lowest BCUT2D eigenvalue weighted by atomic mass is 10.2. The lowest BCUT2D eigenvalue weighted by Gasteiger charge is -2.11. The Morgan fingerprint density at radius 3 is 2.78 bits per heavy atom. The molecule has 27 heavy (non-hydrogen) atoms. The summed E-state index contributed by atoms with van der Waals surface area (Å²) in [7, 11) is 0. The molecule has 2 heterocycles. The van der Waals surface area contributed by atoms with E-state index in [0.717, 1.165) is 28.2 Å². The van der Waals surface area contributed by atoms with E-state index in [0.29, 0.717) is 18.5 Å². The highest BCUT2D eigenvalue weighted by Gasteiger charge is 2.13. The number of rotatable bonds is 5. The van der Waals surface area contributed by atoms with Crippen LogP contribution in [0.1, 0.15) is 11.4 Å². The van der Waals surface area contributed by atoms with E-state index in [1.807, 2.05) is 34.9 Å². The molecule has 0 aliphatic rings. The fraction of sp³-hybridized carbons (Fsp3) is 0.0952. The van der Waals surface area contributed by atoms with E-state index in [-0.39, 0.29) is 5.82 Å². The molecule has 0 saturated heterocycles. The van der Waals surface area contributed by atoms with E-state index in [1.54, 1.807) is 18.3 Å². The molecule has 0 atom stereocenters. The predicted octanol–water partition coefficient (Wildman–Crippen LogP) is 4.09. The smallest absolute Gasteiger partial charge is 0.125 e. The number of halogens is 1. The van der Waals surface area contributed by atoms with Crippen molar-refractivity contribution in [3.63, 3.8) is 0 Å². The summed E-state index contributed by atoms with van der Waals surface area (Å²) in [6, 6.07) is 18.3. The van der Waals surface area contributed by atoms with E-state index in [9.17, 15) is 4.39 Å². The summed E-state index contributed by atoms with van der Waals surface area (Å²) in [6.07, 6.45) is 3.79. The van der Waals surface area contributed by atoms with Crippen LogP contribution >= 0.6 is 0 Å². The second-order valence-corrected chi connectivity index (χ2v) is 6.04. The first-order chi connectivity index (χ1) is 13.3. The van der Waals surface area contributed by atoms with E-state index < -0.39 is 0 Å². The van der Waals surface area contributed by atoms with Gasteiger partial charge in [-0.05, 0) is 30.3 Å². The summed E-state index contributed by atoms with van der Waals surface area (Å²) in [4.78, 5) is 8.64. The zero-order valence-corrected chi connectivity index (χ0v) is 14.4. The predicted molar refractivity (Wildman–Crippen MR) is 102 cm³/mol. The van der Waals surface area contributed by atoms with Crippen molar-refractivity contribution >= 4 is 16.7 Å². The second kappa shape index (κ2) is 7.26. The molecule has 0 aliphatic heterocycles. The quantitative estimate of drug-likeness (QED) is 0.584. The average molecular weight is 357 g/mol. The van der Waals surface area contributed by atoms with Crippen LogP contribution < -0.4 is 5.32 Å². The molecule has 0 radical (unpaired) electrons. The maximum atomic E-state index is 13.8. The Kier molecular flexibility index (Phi) is 4.50. The topological polar surface area (TPSA) is 66.5 Å². The Hall–Kier alpha value is -3.72. The number of hydrogen-bond acceptors (Lipinski definition) is 4. The van der Waals surface area contributed by atoms with Gasteiger partial charge >= 0.3 is 0 Å². The fourth-order valence-corrected chi connectivity index (χ4v) is 3.08. The van der Waals surface area contributed by atoms with Crippen LogP contribution in [0.2, 0.25) is 0 Å². The van der Waals surface area contributed by atoms with Gasteiger partial charge in [-0.1, -0.05) is 18.2 Å². The highest BCUT2D eigenvalue weighted by atomic mass is 19.1. The van der Waals surface area contributed by atoms with Crippen molar-refractivity contribution in [1.29, 1.82) is 5.26 Å². The van der Waals surface area contributed by atoms with Gasteiger partial charge in [0.15, 0.2) is 0 Å². The van der Waals surface area contributed by atoms with Crippen LogP contribution in [0.3, 0.4) is 0 Å². The fourth-order valence-electron chi connectivity index (χ4n) is 3.08. The molecule has 4 rings (SSSR count). The SMILES string of the molecule is N#Cc1cnccc1NCCc1nc2ccc(F)cc2n1-c1ccccc1. The zero-order valence-electron chi connectivity index (χ0n) is 14.4. The number of hydrogen-bond donors (Lipinski definition) is 1. The number of nitrogens with one attached hydrogen (secondary N) is 1. The Labute approximate surface area is 155 Å². The Morgan fingerprint density at radius 2 is 1.96 bits per heavy atom. The molecule has 2 aromatic carbocycles. The lowest BCUT2D eigenvalue weighted by Crippen LogP contribution is -2.10. The van der Waals surface area contributed by atoms with Crippen molar-refractivity contribution in [3.8, 4) is 11.8 Å². The van der Waals surface area contributed by atoms with E-state index in [4.69, 9.17) is 5.26 Å². The molecule has 0 spiro atoms. The van der Waals surface area contributed by atoms with Crippen LogP contribution in [0, 0.1) is 17.1 Å². The summed E-state index contributed by atoms with van der Waals surface area (Å²) in [5.74, 6) is 0.529. The van der Waals surface area contributed by atoms with Gasteiger partial charge in [-0.3, -0.25) is 9.55 Å². The van der Waals surface area contributed by atoms with Gasteiger partial charge in [-0.25, -0.2) is 9.37 Å². The van der Waals surface area contributed by atoms with Crippen LogP contribution in [0.15, 0.2) is 67.0 Å². The van der Waals surface area contributed by atoms with E-state index in [2.05, 4.69) is 21.4 Å². The summed E-state index contributed by atoms with van der Waals surface area (Å²) >= 11 is 0. The summed E-state index contributed by atoms with van der Waals surface area (Å²) < 4.78 is 15.8. The van der Waals surface area contributed by atoms with Gasteiger partial charge < -0.3 is 5.32 Å². The van der Waals surface area contributed by atoms with Gasteiger partial charge in [0.1, 0.15) is 17.7 Å². The van der Waals surface area contributed by atoms with Crippen molar-refractivity contribution < 1.29 is 4.39 Å². The van der Waals surface area contributed by atoms with Gasteiger partial charge in [0.25, 0.3) is 0 Å². The highest BCUT2D eigenvalue weighted by molar-refractivity contribution is 5.78. The Morgan fingerprint density at radius 1 is 1.11 bits per heavy atom. The van der Waals surface area contributed by atoms with Crippen LogP contribution in [0.4, 0.5) is 10.1 Å².